The molecule has 1 aromatic rings. The van der Waals surface area contributed by atoms with Crippen molar-refractivity contribution in [2.45, 2.75) is 42.0 Å². The molecule has 2 rings (SSSR count). The molecule has 20 heavy (non-hydrogen) atoms. The number of hydrogen-bond donors (Lipinski definition) is 2. The molecule has 6 heteroatoms. The van der Waals surface area contributed by atoms with Gasteiger partial charge in [-0.25, -0.2) is 13.1 Å². The van der Waals surface area contributed by atoms with Crippen molar-refractivity contribution in [3.63, 3.8) is 0 Å². The minimum Gasteiger partial charge on any atom is -0.316 e. The first-order valence-electron chi connectivity index (χ1n) is 6.85. The minimum absolute atomic E-state index is 0.0620. The highest BCUT2D eigenvalue weighted by Gasteiger charge is 2.30. The van der Waals surface area contributed by atoms with Crippen molar-refractivity contribution in [2.75, 3.05) is 13.3 Å². The summed E-state index contributed by atoms with van der Waals surface area (Å²) < 4.78 is 27.6. The van der Waals surface area contributed by atoms with Crippen molar-refractivity contribution in [3.05, 3.63) is 29.8 Å². The van der Waals surface area contributed by atoms with Gasteiger partial charge in [0.05, 0.1) is 4.90 Å². The van der Waals surface area contributed by atoms with Gasteiger partial charge in [-0.15, -0.1) is 0 Å². The van der Waals surface area contributed by atoms with Gasteiger partial charge in [-0.2, -0.15) is 11.8 Å². The van der Waals surface area contributed by atoms with Gasteiger partial charge in [-0.3, -0.25) is 0 Å². The first-order chi connectivity index (χ1) is 9.56. The Hall–Kier alpha value is -0.560. The number of rotatable bonds is 6. The van der Waals surface area contributed by atoms with Crippen molar-refractivity contribution < 1.29 is 8.42 Å². The van der Waals surface area contributed by atoms with Gasteiger partial charge in [-0.05, 0) is 43.8 Å². The third-order valence-electron chi connectivity index (χ3n) is 3.68. The average molecular weight is 314 g/mol. The van der Waals surface area contributed by atoms with Crippen LogP contribution in [0.25, 0.3) is 0 Å². The summed E-state index contributed by atoms with van der Waals surface area (Å²) in [4.78, 5) is 0.351. The lowest BCUT2D eigenvalue weighted by atomic mass is 10.2. The average Bonchev–Trinajstić information content (AvgIpc) is 2.86. The van der Waals surface area contributed by atoms with Gasteiger partial charge < -0.3 is 5.32 Å². The van der Waals surface area contributed by atoms with Crippen LogP contribution in [-0.4, -0.2) is 33.0 Å². The summed E-state index contributed by atoms with van der Waals surface area (Å²) in [6, 6.07) is 7.13. The molecular weight excluding hydrogens is 292 g/mol. The van der Waals surface area contributed by atoms with Gasteiger partial charge in [0.15, 0.2) is 0 Å². The molecule has 1 aromatic carbocycles. The van der Waals surface area contributed by atoms with E-state index in [0.29, 0.717) is 10.1 Å². The van der Waals surface area contributed by atoms with Gasteiger partial charge >= 0.3 is 0 Å². The molecule has 0 bridgehead atoms. The molecule has 1 aliphatic rings. The van der Waals surface area contributed by atoms with E-state index in [1.807, 2.05) is 25.4 Å². The number of sulfonamides is 1. The molecule has 0 amide bonds. The van der Waals surface area contributed by atoms with Crippen LogP contribution in [0.1, 0.15) is 24.8 Å². The van der Waals surface area contributed by atoms with Crippen LogP contribution in [-0.2, 0) is 16.6 Å². The first kappa shape index (κ1) is 15.8. The van der Waals surface area contributed by atoms with E-state index in [9.17, 15) is 8.42 Å². The van der Waals surface area contributed by atoms with E-state index in [4.69, 9.17) is 0 Å². The Labute approximate surface area is 125 Å². The molecule has 0 saturated heterocycles. The Morgan fingerprint density at radius 1 is 1.25 bits per heavy atom. The molecule has 1 fully saturated rings. The number of hydrogen-bond acceptors (Lipinski definition) is 4. The van der Waals surface area contributed by atoms with Crippen LogP contribution >= 0.6 is 11.8 Å². The maximum absolute atomic E-state index is 12.4. The molecule has 2 unspecified atom stereocenters. The Bertz CT molecular complexity index is 529. The summed E-state index contributed by atoms with van der Waals surface area (Å²) in [5, 5.41) is 3.44. The summed E-state index contributed by atoms with van der Waals surface area (Å²) in [7, 11) is -1.53. The Morgan fingerprint density at radius 3 is 2.55 bits per heavy atom. The topological polar surface area (TPSA) is 58.2 Å². The zero-order valence-electron chi connectivity index (χ0n) is 11.9. The summed E-state index contributed by atoms with van der Waals surface area (Å²) in [5.74, 6) is 0. The maximum Gasteiger partial charge on any atom is 0.240 e. The van der Waals surface area contributed by atoms with Crippen molar-refractivity contribution in [1.29, 1.82) is 0 Å². The highest BCUT2D eigenvalue weighted by Crippen LogP contribution is 2.29. The second-order valence-corrected chi connectivity index (χ2v) is 7.90. The van der Waals surface area contributed by atoms with E-state index in [2.05, 4.69) is 10.0 Å². The first-order valence-corrected chi connectivity index (χ1v) is 9.62. The van der Waals surface area contributed by atoms with Crippen molar-refractivity contribution in [1.82, 2.24) is 10.0 Å². The van der Waals surface area contributed by atoms with Crippen LogP contribution in [0.2, 0.25) is 0 Å². The SMILES string of the molecule is CNCc1ccc(S(=O)(=O)NC2CCCC2SC)cc1. The van der Waals surface area contributed by atoms with Gasteiger partial charge in [0.25, 0.3) is 0 Å². The number of benzene rings is 1. The van der Waals surface area contributed by atoms with E-state index in [-0.39, 0.29) is 6.04 Å². The van der Waals surface area contributed by atoms with Gasteiger partial charge in [0.2, 0.25) is 10.0 Å². The summed E-state index contributed by atoms with van der Waals surface area (Å²) >= 11 is 1.75. The van der Waals surface area contributed by atoms with Crippen LogP contribution < -0.4 is 10.0 Å². The Morgan fingerprint density at radius 2 is 1.95 bits per heavy atom. The van der Waals surface area contributed by atoms with E-state index in [1.54, 1.807) is 23.9 Å². The predicted octanol–water partition coefficient (Wildman–Crippen LogP) is 1.97. The van der Waals surface area contributed by atoms with Gasteiger partial charge in [0.1, 0.15) is 0 Å². The van der Waals surface area contributed by atoms with Crippen LogP contribution in [0, 0.1) is 0 Å². The lowest BCUT2D eigenvalue weighted by Crippen LogP contribution is -2.38. The van der Waals surface area contributed by atoms with E-state index < -0.39 is 10.0 Å². The molecule has 2 atom stereocenters. The lowest BCUT2D eigenvalue weighted by molar-refractivity contribution is 0.555. The molecule has 112 valence electrons. The van der Waals surface area contributed by atoms with Crippen molar-refractivity contribution in [3.8, 4) is 0 Å². The quantitative estimate of drug-likeness (QED) is 0.843. The maximum atomic E-state index is 12.4. The molecule has 2 N–H and O–H groups in total. The summed E-state index contributed by atoms with van der Waals surface area (Å²) in [6.45, 7) is 0.741. The van der Waals surface area contributed by atoms with Gasteiger partial charge in [0, 0.05) is 17.8 Å². The number of nitrogens with one attached hydrogen (secondary N) is 2. The fraction of sp³-hybridized carbons (Fsp3) is 0.571. The highest BCUT2D eigenvalue weighted by atomic mass is 32.2. The minimum atomic E-state index is -3.40. The largest absolute Gasteiger partial charge is 0.316 e. The second kappa shape index (κ2) is 6.93. The zero-order valence-corrected chi connectivity index (χ0v) is 13.6. The molecular formula is C14H22N2O2S2. The zero-order chi connectivity index (χ0) is 14.6. The molecule has 1 aliphatic carbocycles. The van der Waals surface area contributed by atoms with Crippen LogP contribution in [0.4, 0.5) is 0 Å². The van der Waals surface area contributed by atoms with Gasteiger partial charge in [-0.1, -0.05) is 18.6 Å². The molecule has 4 nitrogen and oxygen atoms in total. The summed E-state index contributed by atoms with van der Waals surface area (Å²) in [5.41, 5.74) is 1.08. The van der Waals surface area contributed by atoms with E-state index in [1.165, 1.54) is 0 Å². The fourth-order valence-electron chi connectivity index (χ4n) is 2.60. The third kappa shape index (κ3) is 3.75. The molecule has 1 saturated carbocycles. The van der Waals surface area contributed by atoms with E-state index in [0.717, 1.165) is 31.4 Å². The lowest BCUT2D eigenvalue weighted by Gasteiger charge is -2.19. The molecule has 0 aliphatic heterocycles. The standard InChI is InChI=1S/C14H22N2O2S2/c1-15-10-11-6-8-12(9-7-11)20(17,18)16-13-4-3-5-14(13)19-2/h6-9,13-16H,3-5,10H2,1-2H3. The van der Waals surface area contributed by atoms with Crippen molar-refractivity contribution in [2.24, 2.45) is 0 Å². The third-order valence-corrected chi connectivity index (χ3v) is 6.35. The smallest absolute Gasteiger partial charge is 0.240 e. The normalized spacial score (nSPS) is 23.1. The second-order valence-electron chi connectivity index (χ2n) is 5.11. The van der Waals surface area contributed by atoms with Crippen LogP contribution in [0.15, 0.2) is 29.2 Å². The Kier molecular flexibility index (Phi) is 5.49. The number of thioether (sulfide) groups is 1. The highest BCUT2D eigenvalue weighted by molar-refractivity contribution is 7.99. The molecule has 0 spiro atoms. The van der Waals surface area contributed by atoms with Crippen LogP contribution in [0.5, 0.6) is 0 Å². The monoisotopic (exact) mass is 314 g/mol. The Balaban J connectivity index is 2.09. The van der Waals surface area contributed by atoms with E-state index >= 15 is 0 Å². The van der Waals surface area contributed by atoms with Crippen molar-refractivity contribution >= 4 is 21.8 Å². The molecule has 0 radical (unpaired) electrons. The predicted molar refractivity (Wildman–Crippen MR) is 84.5 cm³/mol. The molecule has 0 heterocycles. The summed E-state index contributed by atoms with van der Waals surface area (Å²) in [6.07, 6.45) is 5.17. The van der Waals surface area contributed by atoms with Crippen LogP contribution in [0.3, 0.4) is 0 Å². The molecule has 0 aromatic heterocycles. The fourth-order valence-corrected chi connectivity index (χ4v) is 4.93.